The van der Waals surface area contributed by atoms with Crippen LogP contribution in [0, 0.1) is 0 Å². The van der Waals surface area contributed by atoms with Crippen LogP contribution < -0.4 is 0 Å². The van der Waals surface area contributed by atoms with Crippen LogP contribution in [-0.2, 0) is 31.5 Å². The fraction of sp³-hybridized carbons (Fsp3) is 0. The summed E-state index contributed by atoms with van der Waals surface area (Å²) in [6.45, 7) is 0. The smallest absolute Gasteiger partial charge is 0.0311 e. The molecule has 0 atom stereocenters. The molecular formula is O4PtS-2. The fourth-order valence-corrected chi connectivity index (χ4v) is 0. The largest absolute Gasteiger partial charge is 0.759 e. The van der Waals surface area contributed by atoms with Gasteiger partial charge in [0.05, 0.1) is 0 Å². The Morgan fingerprint density at radius 3 is 1.17 bits per heavy atom. The van der Waals surface area contributed by atoms with Crippen molar-refractivity contribution < 1.29 is 38.6 Å². The van der Waals surface area contributed by atoms with E-state index < -0.39 is 10.4 Å². The van der Waals surface area contributed by atoms with E-state index in [0.717, 1.165) is 0 Å². The van der Waals surface area contributed by atoms with Crippen LogP contribution in [0.5, 0.6) is 0 Å². The Balaban J connectivity index is 0. The molecule has 0 aliphatic rings. The van der Waals surface area contributed by atoms with E-state index in [1.54, 1.807) is 0 Å². The van der Waals surface area contributed by atoms with Crippen LogP contribution in [0.3, 0.4) is 0 Å². The van der Waals surface area contributed by atoms with E-state index in [-0.39, 0.29) is 21.1 Å². The van der Waals surface area contributed by atoms with Gasteiger partial charge in [0, 0.05) is 31.5 Å². The second-order valence-electron chi connectivity index (χ2n) is 0.408. The van der Waals surface area contributed by atoms with Crippen molar-refractivity contribution in [1.29, 1.82) is 0 Å². The summed E-state index contributed by atoms with van der Waals surface area (Å²) < 4.78 is 34.1. The Morgan fingerprint density at radius 2 is 1.17 bits per heavy atom. The van der Waals surface area contributed by atoms with Gasteiger partial charge in [-0.05, 0) is 0 Å². The Labute approximate surface area is 49.4 Å². The Kier molecular flexibility index (Phi) is 4.36. The maximum atomic E-state index is 8.52. The van der Waals surface area contributed by atoms with E-state index in [9.17, 15) is 0 Å². The standard InChI is InChI=1S/H2O4S.Pt/c1-5(2,3)4;/h(H2,1,2,3,4);/p-2. The van der Waals surface area contributed by atoms with Crippen molar-refractivity contribution in [3.8, 4) is 0 Å². The molecule has 0 aromatic heterocycles. The van der Waals surface area contributed by atoms with Crippen LogP contribution >= 0.6 is 0 Å². The molecule has 0 bridgehead atoms. The molecule has 0 saturated heterocycles. The third-order valence-electron chi connectivity index (χ3n) is 0. The molecule has 42 valence electrons. The van der Waals surface area contributed by atoms with Crippen LogP contribution in [0.2, 0.25) is 0 Å². The monoisotopic (exact) mass is 291 g/mol. The predicted octanol–water partition coefficient (Wildman–Crippen LogP) is -1.34. The predicted molar refractivity (Wildman–Crippen MR) is 10.5 cm³/mol. The maximum Gasteiger partial charge on any atom is 0.0311 e. The second kappa shape index (κ2) is 2.69. The second-order valence-corrected chi connectivity index (χ2v) is 1.22. The van der Waals surface area contributed by atoms with Gasteiger partial charge in [-0.1, -0.05) is 0 Å². The van der Waals surface area contributed by atoms with Crippen LogP contribution in [0.15, 0.2) is 0 Å². The average molecular weight is 291 g/mol. The summed E-state index contributed by atoms with van der Waals surface area (Å²) in [4.78, 5) is 0. The summed E-state index contributed by atoms with van der Waals surface area (Å²) in [5.41, 5.74) is 0. The summed E-state index contributed by atoms with van der Waals surface area (Å²) in [5.74, 6) is 0. The van der Waals surface area contributed by atoms with Gasteiger partial charge in [-0.25, -0.2) is 0 Å². The third-order valence-corrected chi connectivity index (χ3v) is 0. The fourth-order valence-electron chi connectivity index (χ4n) is 0. The molecule has 0 saturated carbocycles. The Morgan fingerprint density at radius 1 is 1.17 bits per heavy atom. The van der Waals surface area contributed by atoms with Gasteiger partial charge in [-0.15, -0.1) is 0 Å². The average Bonchev–Trinajstić information content (AvgIpc) is 0.722. The van der Waals surface area contributed by atoms with E-state index in [1.165, 1.54) is 0 Å². The van der Waals surface area contributed by atoms with Crippen LogP contribution in [-0.4, -0.2) is 17.5 Å². The molecule has 0 aliphatic heterocycles. The first-order chi connectivity index (χ1) is 2.00. The molecule has 0 aliphatic carbocycles. The molecule has 0 unspecified atom stereocenters. The number of hydrogen-bond donors (Lipinski definition) is 0. The molecule has 0 heterocycles. The quantitative estimate of drug-likeness (QED) is 0.409. The molecule has 0 rings (SSSR count). The molecule has 0 amide bonds. The summed E-state index contributed by atoms with van der Waals surface area (Å²) in [5, 5.41) is 0. The summed E-state index contributed by atoms with van der Waals surface area (Å²) in [6.07, 6.45) is 0. The van der Waals surface area contributed by atoms with Gasteiger partial charge in [0.15, 0.2) is 0 Å². The minimum absolute atomic E-state index is 0. The zero-order chi connectivity index (χ0) is 4.50. The first-order valence-corrected chi connectivity index (χ1v) is 2.00. The van der Waals surface area contributed by atoms with Crippen molar-refractivity contribution in [3.05, 3.63) is 0 Å². The maximum absolute atomic E-state index is 8.52. The van der Waals surface area contributed by atoms with Crippen molar-refractivity contribution in [2.24, 2.45) is 0 Å². The van der Waals surface area contributed by atoms with Crippen LogP contribution in [0.4, 0.5) is 0 Å². The van der Waals surface area contributed by atoms with Gasteiger partial charge in [0.1, 0.15) is 0 Å². The summed E-state index contributed by atoms with van der Waals surface area (Å²) >= 11 is 0. The normalized spacial score (nSPS) is 9.67. The summed E-state index contributed by atoms with van der Waals surface area (Å²) in [6, 6.07) is 0. The van der Waals surface area contributed by atoms with Crippen molar-refractivity contribution in [1.82, 2.24) is 0 Å². The first kappa shape index (κ1) is 9.75. The molecule has 0 radical (unpaired) electrons. The third kappa shape index (κ3) is 185. The summed E-state index contributed by atoms with van der Waals surface area (Å²) in [7, 11) is -5.17. The van der Waals surface area contributed by atoms with E-state index in [4.69, 9.17) is 17.5 Å². The van der Waals surface area contributed by atoms with Gasteiger partial charge < -0.3 is 9.11 Å². The van der Waals surface area contributed by atoms with Crippen molar-refractivity contribution in [2.45, 2.75) is 0 Å². The Hall–Kier alpha value is 0.558. The van der Waals surface area contributed by atoms with E-state index in [1.807, 2.05) is 0 Å². The molecular weight excluding hydrogens is 291 g/mol. The minimum atomic E-state index is -5.17. The van der Waals surface area contributed by atoms with Crippen LogP contribution in [0.1, 0.15) is 0 Å². The molecule has 4 nitrogen and oxygen atoms in total. The van der Waals surface area contributed by atoms with Crippen molar-refractivity contribution in [2.75, 3.05) is 0 Å². The van der Waals surface area contributed by atoms with Crippen molar-refractivity contribution >= 4 is 10.4 Å². The van der Waals surface area contributed by atoms with Gasteiger partial charge in [0.25, 0.3) is 0 Å². The van der Waals surface area contributed by atoms with Crippen molar-refractivity contribution in [3.63, 3.8) is 0 Å². The van der Waals surface area contributed by atoms with E-state index in [2.05, 4.69) is 0 Å². The van der Waals surface area contributed by atoms with E-state index >= 15 is 0 Å². The molecule has 6 heteroatoms. The van der Waals surface area contributed by atoms with Gasteiger partial charge in [-0.2, -0.15) is 0 Å². The SMILES string of the molecule is O=S(=O)([O-])[O-].[Pt]. The molecule has 0 N–H and O–H groups in total. The molecule has 6 heavy (non-hydrogen) atoms. The van der Waals surface area contributed by atoms with Gasteiger partial charge >= 0.3 is 0 Å². The van der Waals surface area contributed by atoms with E-state index in [0.29, 0.717) is 0 Å². The van der Waals surface area contributed by atoms with Gasteiger partial charge in [-0.3, -0.25) is 8.42 Å². The van der Waals surface area contributed by atoms with Crippen LogP contribution in [0.25, 0.3) is 0 Å². The molecule has 0 aromatic carbocycles. The number of hydrogen-bond acceptors (Lipinski definition) is 4. The minimum Gasteiger partial charge on any atom is -0.759 e. The Bertz CT molecular complexity index is 90.7. The first-order valence-electron chi connectivity index (χ1n) is 0.667. The zero-order valence-electron chi connectivity index (χ0n) is 2.36. The van der Waals surface area contributed by atoms with Gasteiger partial charge in [0.2, 0.25) is 0 Å². The molecule has 0 aromatic rings. The topological polar surface area (TPSA) is 80.3 Å². The number of rotatable bonds is 0. The zero-order valence-corrected chi connectivity index (χ0v) is 5.45. The molecule has 0 fully saturated rings. The molecule has 0 spiro atoms.